The molecule has 1 aliphatic rings. The molecule has 1 amide bonds. The van der Waals surface area contributed by atoms with Gasteiger partial charge in [-0.15, -0.1) is 10.2 Å². The normalized spacial score (nSPS) is 14.9. The van der Waals surface area contributed by atoms with E-state index in [1.807, 2.05) is 68.4 Å². The minimum Gasteiger partial charge on any atom is -0.378 e. The average Bonchev–Trinajstić information content (AvgIpc) is 3.46. The summed E-state index contributed by atoms with van der Waals surface area (Å²) < 4.78 is 2.16. The van der Waals surface area contributed by atoms with Crippen LogP contribution in [0.5, 0.6) is 0 Å². The molecule has 0 saturated carbocycles. The Hall–Kier alpha value is -2.84. The van der Waals surface area contributed by atoms with E-state index in [2.05, 4.69) is 37.1 Å². The first-order valence-electron chi connectivity index (χ1n) is 11.4. The maximum atomic E-state index is 12.9. The number of amides is 1. The lowest BCUT2D eigenvalue weighted by molar-refractivity contribution is -0.115. The maximum absolute atomic E-state index is 12.9. The van der Waals surface area contributed by atoms with Crippen LogP contribution in [0.4, 0.5) is 11.4 Å². The first kappa shape index (κ1) is 23.3. The molecule has 0 aliphatic carbocycles. The zero-order valence-corrected chi connectivity index (χ0v) is 20.4. The topological polar surface area (TPSA) is 66.3 Å². The number of carbonyl (C=O) groups is 1. The minimum atomic E-state index is -0.308. The second-order valence-electron chi connectivity index (χ2n) is 8.64. The first-order chi connectivity index (χ1) is 16.0. The fraction of sp³-hybridized carbons (Fsp3) is 0.400. The molecule has 174 valence electrons. The molecular weight excluding hydrogens is 432 g/mol. The summed E-state index contributed by atoms with van der Waals surface area (Å²) in [5.74, 6) is 0.906. The van der Waals surface area contributed by atoms with Gasteiger partial charge in [-0.2, -0.15) is 0 Å². The number of hydrogen-bond acceptors (Lipinski definition) is 6. The van der Waals surface area contributed by atoms with Crippen molar-refractivity contribution < 1.29 is 4.79 Å². The van der Waals surface area contributed by atoms with E-state index >= 15 is 0 Å². The standard InChI is InChI=1S/C25H32N6OS/c1-19(24(32)26-21-11-13-22(14-12-21)29(2)3)33-25-28-27-23(18-30-15-7-8-16-30)31(25)17-20-9-5-4-6-10-20/h4-6,9-14,19H,7-8,15-18H2,1-3H3,(H,26,32)/t19-/m0/s1. The molecule has 1 N–H and O–H groups in total. The third-order valence-electron chi connectivity index (χ3n) is 5.84. The molecule has 8 heteroatoms. The number of aromatic nitrogens is 3. The molecule has 0 unspecified atom stereocenters. The van der Waals surface area contributed by atoms with Gasteiger partial charge in [-0.1, -0.05) is 42.1 Å². The predicted molar refractivity (Wildman–Crippen MR) is 135 cm³/mol. The van der Waals surface area contributed by atoms with Gasteiger partial charge in [-0.3, -0.25) is 9.69 Å². The molecule has 1 aliphatic heterocycles. The van der Waals surface area contributed by atoms with Crippen LogP contribution in [0.2, 0.25) is 0 Å². The molecule has 2 heterocycles. The molecule has 3 aromatic rings. The zero-order valence-electron chi connectivity index (χ0n) is 19.6. The third-order valence-corrected chi connectivity index (χ3v) is 6.92. The monoisotopic (exact) mass is 464 g/mol. The second kappa shape index (κ2) is 10.9. The highest BCUT2D eigenvalue weighted by molar-refractivity contribution is 8.00. The summed E-state index contributed by atoms with van der Waals surface area (Å²) in [6, 6.07) is 18.2. The van der Waals surface area contributed by atoms with Crippen molar-refractivity contribution in [3.8, 4) is 0 Å². The molecule has 33 heavy (non-hydrogen) atoms. The number of anilines is 2. The van der Waals surface area contributed by atoms with Crippen LogP contribution < -0.4 is 10.2 Å². The van der Waals surface area contributed by atoms with Gasteiger partial charge in [0.15, 0.2) is 5.16 Å². The number of carbonyl (C=O) groups excluding carboxylic acids is 1. The Bertz CT molecular complexity index is 1040. The van der Waals surface area contributed by atoms with Crippen LogP contribution in [0.1, 0.15) is 31.2 Å². The first-order valence-corrected chi connectivity index (χ1v) is 12.3. The molecule has 1 atom stereocenters. The van der Waals surface area contributed by atoms with Gasteiger partial charge < -0.3 is 14.8 Å². The number of thioether (sulfide) groups is 1. The summed E-state index contributed by atoms with van der Waals surface area (Å²) in [7, 11) is 3.99. The van der Waals surface area contributed by atoms with E-state index in [9.17, 15) is 4.79 Å². The number of benzene rings is 2. The van der Waals surface area contributed by atoms with Crippen LogP contribution in [0.3, 0.4) is 0 Å². The Morgan fingerprint density at radius 1 is 1.03 bits per heavy atom. The number of rotatable bonds is 9. The lowest BCUT2D eigenvalue weighted by Crippen LogP contribution is -2.24. The lowest BCUT2D eigenvalue weighted by atomic mass is 10.2. The molecule has 2 aromatic carbocycles. The van der Waals surface area contributed by atoms with Crippen molar-refractivity contribution in [3.63, 3.8) is 0 Å². The molecule has 0 spiro atoms. The van der Waals surface area contributed by atoms with Crippen molar-refractivity contribution in [2.45, 2.75) is 43.3 Å². The van der Waals surface area contributed by atoms with Gasteiger partial charge in [0.1, 0.15) is 5.82 Å². The SMILES string of the molecule is C[C@H](Sc1nnc(CN2CCCC2)n1Cc1ccccc1)C(=O)Nc1ccc(N(C)C)cc1. The van der Waals surface area contributed by atoms with Crippen LogP contribution >= 0.6 is 11.8 Å². The molecule has 4 rings (SSSR count). The van der Waals surface area contributed by atoms with Gasteiger partial charge in [0.2, 0.25) is 5.91 Å². The van der Waals surface area contributed by atoms with Gasteiger partial charge in [0.25, 0.3) is 0 Å². The molecule has 1 fully saturated rings. The quantitative estimate of drug-likeness (QED) is 0.481. The molecule has 0 radical (unpaired) electrons. The van der Waals surface area contributed by atoms with E-state index in [-0.39, 0.29) is 11.2 Å². The highest BCUT2D eigenvalue weighted by atomic mass is 32.2. The Morgan fingerprint density at radius 2 is 1.73 bits per heavy atom. The van der Waals surface area contributed by atoms with Crippen molar-refractivity contribution in [2.75, 3.05) is 37.4 Å². The number of nitrogens with one attached hydrogen (secondary N) is 1. The van der Waals surface area contributed by atoms with E-state index in [1.54, 1.807) is 0 Å². The van der Waals surface area contributed by atoms with Crippen molar-refractivity contribution >= 4 is 29.0 Å². The summed E-state index contributed by atoms with van der Waals surface area (Å²) in [6.07, 6.45) is 2.47. The van der Waals surface area contributed by atoms with Crippen LogP contribution in [0.15, 0.2) is 59.8 Å². The Labute approximate surface area is 200 Å². The highest BCUT2D eigenvalue weighted by Crippen LogP contribution is 2.26. The van der Waals surface area contributed by atoms with E-state index in [4.69, 9.17) is 0 Å². The van der Waals surface area contributed by atoms with Gasteiger partial charge in [-0.25, -0.2) is 0 Å². The van der Waals surface area contributed by atoms with Gasteiger partial charge in [-0.05, 0) is 62.7 Å². The van der Waals surface area contributed by atoms with Crippen molar-refractivity contribution in [1.82, 2.24) is 19.7 Å². The van der Waals surface area contributed by atoms with E-state index in [0.717, 1.165) is 42.0 Å². The van der Waals surface area contributed by atoms with Crippen LogP contribution in [0, 0.1) is 0 Å². The van der Waals surface area contributed by atoms with E-state index in [0.29, 0.717) is 6.54 Å². The largest absolute Gasteiger partial charge is 0.378 e. The molecule has 1 aromatic heterocycles. The fourth-order valence-electron chi connectivity index (χ4n) is 3.89. The molecule has 7 nitrogen and oxygen atoms in total. The van der Waals surface area contributed by atoms with Crippen LogP contribution in [-0.4, -0.2) is 58.0 Å². The van der Waals surface area contributed by atoms with Gasteiger partial charge in [0.05, 0.1) is 18.3 Å². The Morgan fingerprint density at radius 3 is 2.39 bits per heavy atom. The van der Waals surface area contributed by atoms with Crippen molar-refractivity contribution in [2.24, 2.45) is 0 Å². The molecule has 0 bridgehead atoms. The average molecular weight is 465 g/mol. The number of hydrogen-bond donors (Lipinski definition) is 1. The minimum absolute atomic E-state index is 0.0482. The lowest BCUT2D eigenvalue weighted by Gasteiger charge is -2.17. The number of nitrogens with zero attached hydrogens (tertiary/aromatic N) is 5. The van der Waals surface area contributed by atoms with Gasteiger partial charge in [0, 0.05) is 25.5 Å². The summed E-state index contributed by atoms with van der Waals surface area (Å²) in [5.41, 5.74) is 3.08. The predicted octanol–water partition coefficient (Wildman–Crippen LogP) is 4.11. The summed E-state index contributed by atoms with van der Waals surface area (Å²) in [6.45, 7) is 5.60. The molecule has 1 saturated heterocycles. The highest BCUT2D eigenvalue weighted by Gasteiger charge is 2.22. The van der Waals surface area contributed by atoms with Gasteiger partial charge >= 0.3 is 0 Å². The van der Waals surface area contributed by atoms with Crippen molar-refractivity contribution in [1.29, 1.82) is 0 Å². The number of likely N-dealkylation sites (tertiary alicyclic amines) is 1. The van der Waals surface area contributed by atoms with E-state index < -0.39 is 0 Å². The zero-order chi connectivity index (χ0) is 23.2. The summed E-state index contributed by atoms with van der Waals surface area (Å²) >= 11 is 1.45. The third kappa shape index (κ3) is 6.15. The van der Waals surface area contributed by atoms with Crippen LogP contribution in [0.25, 0.3) is 0 Å². The summed E-state index contributed by atoms with van der Waals surface area (Å²) in [5, 5.41) is 12.5. The maximum Gasteiger partial charge on any atom is 0.237 e. The molecular formula is C25H32N6OS. The Kier molecular flexibility index (Phi) is 7.67. The summed E-state index contributed by atoms with van der Waals surface area (Å²) in [4.78, 5) is 17.3. The van der Waals surface area contributed by atoms with E-state index in [1.165, 1.54) is 30.2 Å². The smallest absolute Gasteiger partial charge is 0.237 e. The van der Waals surface area contributed by atoms with Crippen molar-refractivity contribution in [3.05, 3.63) is 66.0 Å². The van der Waals surface area contributed by atoms with Crippen LogP contribution in [-0.2, 0) is 17.9 Å². The Balaban J connectivity index is 1.47. The second-order valence-corrected chi connectivity index (χ2v) is 9.95. The fourth-order valence-corrected chi connectivity index (χ4v) is 4.75.